The summed E-state index contributed by atoms with van der Waals surface area (Å²) in [5, 5.41) is 5.23. The quantitative estimate of drug-likeness (QED) is 0.139. The van der Waals surface area contributed by atoms with Gasteiger partial charge >= 0.3 is 0 Å². The summed E-state index contributed by atoms with van der Waals surface area (Å²) in [7, 11) is 0. The number of anilines is 3. The van der Waals surface area contributed by atoms with E-state index in [0.717, 1.165) is 22.6 Å². The fraction of sp³-hybridized carbons (Fsp3) is 0.0137. The highest BCUT2D eigenvalue weighted by Crippen LogP contribution is 2.57. The molecule has 0 spiro atoms. The normalized spacial score (nSPS) is 12.6. The minimum atomic E-state index is -0.526. The molecule has 12 aromatic carbocycles. The van der Waals surface area contributed by atoms with Crippen molar-refractivity contribution in [3.8, 4) is 55.6 Å². The molecular formula is C73H47NS2. The van der Waals surface area contributed by atoms with Gasteiger partial charge in [-0.25, -0.2) is 0 Å². The maximum absolute atomic E-state index is 2.46. The number of rotatable bonds is 9. The van der Waals surface area contributed by atoms with E-state index in [4.69, 9.17) is 0 Å². The maximum atomic E-state index is 2.46. The molecule has 15 rings (SSSR count). The number of thiophene rings is 2. The summed E-state index contributed by atoms with van der Waals surface area (Å²) in [6.45, 7) is 0. The van der Waals surface area contributed by atoms with Gasteiger partial charge in [-0.1, -0.05) is 194 Å². The molecule has 0 saturated heterocycles. The van der Waals surface area contributed by atoms with Crippen LogP contribution >= 0.6 is 22.7 Å². The van der Waals surface area contributed by atoms with Crippen molar-refractivity contribution in [2.24, 2.45) is 0 Å². The summed E-state index contributed by atoms with van der Waals surface area (Å²) in [5.41, 5.74) is 19.9. The third-order valence-corrected chi connectivity index (χ3v) is 18.0. The highest BCUT2D eigenvalue weighted by atomic mass is 32.1. The van der Waals surface area contributed by atoms with E-state index in [2.05, 4.69) is 290 Å². The molecule has 0 atom stereocenters. The van der Waals surface area contributed by atoms with Crippen molar-refractivity contribution in [3.63, 3.8) is 0 Å². The first-order chi connectivity index (χ1) is 37.6. The monoisotopic (exact) mass is 1000 g/mol. The summed E-state index contributed by atoms with van der Waals surface area (Å²) < 4.78 is 5.26. The van der Waals surface area contributed by atoms with Gasteiger partial charge in [-0.2, -0.15) is 0 Å². The van der Waals surface area contributed by atoms with Crippen LogP contribution in [-0.2, 0) is 5.41 Å². The van der Waals surface area contributed by atoms with Crippen molar-refractivity contribution in [1.82, 2.24) is 0 Å². The van der Waals surface area contributed by atoms with E-state index in [-0.39, 0.29) is 0 Å². The molecule has 1 nitrogen and oxygen atoms in total. The summed E-state index contributed by atoms with van der Waals surface area (Å²) in [6, 6.07) is 106. The molecule has 0 unspecified atom stereocenters. The first-order valence-electron chi connectivity index (χ1n) is 26.0. The molecule has 3 heteroatoms. The second kappa shape index (κ2) is 18.1. The lowest BCUT2D eigenvalue weighted by Crippen LogP contribution is -2.28. The molecule has 1 aliphatic rings. The number of fused-ring (bicyclic) bond motifs is 9. The summed E-state index contributed by atoms with van der Waals surface area (Å²) in [6.07, 6.45) is 0. The second-order valence-electron chi connectivity index (χ2n) is 20.0. The molecule has 0 aliphatic heterocycles. The van der Waals surface area contributed by atoms with Crippen molar-refractivity contribution < 1.29 is 0 Å². The minimum absolute atomic E-state index is 0.526. The zero-order chi connectivity index (χ0) is 50.2. The first-order valence-corrected chi connectivity index (χ1v) is 27.7. The predicted octanol–water partition coefficient (Wildman–Crippen LogP) is 20.9. The van der Waals surface area contributed by atoms with E-state index in [1.54, 1.807) is 0 Å². The third kappa shape index (κ3) is 7.27. The van der Waals surface area contributed by atoms with E-state index in [1.165, 1.54) is 113 Å². The Balaban J connectivity index is 0.894. The van der Waals surface area contributed by atoms with Crippen LogP contribution in [0.1, 0.15) is 22.3 Å². The van der Waals surface area contributed by atoms with E-state index < -0.39 is 5.41 Å². The van der Waals surface area contributed by atoms with Crippen molar-refractivity contribution in [2.75, 3.05) is 4.90 Å². The molecule has 2 aromatic heterocycles. The van der Waals surface area contributed by atoms with Crippen molar-refractivity contribution in [2.45, 2.75) is 5.41 Å². The van der Waals surface area contributed by atoms with E-state index >= 15 is 0 Å². The van der Waals surface area contributed by atoms with Gasteiger partial charge < -0.3 is 4.90 Å². The largest absolute Gasteiger partial charge is 0.310 e. The van der Waals surface area contributed by atoms with Gasteiger partial charge in [0, 0.05) is 57.4 Å². The molecule has 0 amide bonds. The van der Waals surface area contributed by atoms with Gasteiger partial charge in [-0.15, -0.1) is 22.7 Å². The Labute approximate surface area is 450 Å². The van der Waals surface area contributed by atoms with Crippen molar-refractivity contribution in [3.05, 3.63) is 307 Å². The van der Waals surface area contributed by atoms with Crippen LogP contribution in [0.15, 0.2) is 285 Å². The lowest BCUT2D eigenvalue weighted by Gasteiger charge is -2.35. The smallest absolute Gasteiger partial charge is 0.0714 e. The van der Waals surface area contributed by atoms with Gasteiger partial charge in [0.25, 0.3) is 0 Å². The first kappa shape index (κ1) is 44.4. The topological polar surface area (TPSA) is 3.24 Å². The van der Waals surface area contributed by atoms with Crippen LogP contribution in [0.4, 0.5) is 17.1 Å². The molecular weight excluding hydrogens is 955 g/mol. The van der Waals surface area contributed by atoms with E-state index in [1.807, 2.05) is 22.7 Å². The molecule has 356 valence electrons. The van der Waals surface area contributed by atoms with Crippen LogP contribution in [0.5, 0.6) is 0 Å². The Bertz CT molecular complexity index is 4320. The fourth-order valence-electron chi connectivity index (χ4n) is 12.2. The number of nitrogens with zero attached hydrogens (tertiary/aromatic N) is 1. The number of hydrogen-bond donors (Lipinski definition) is 0. The standard InChI is InChI=1S/C73H47NS2/c1-4-16-48(17-5-1)49-28-34-58(35-29-49)74(60-38-39-62-61-22-10-13-25-67(61)73(68(62)47-60,56-18-6-2-7-19-56)57-20-8-3-9-21-57)59-36-30-50(31-37-59)53-42-54(51-32-40-71-65(45-51)63-23-11-14-26-69(63)75-71)44-55(43-53)52-33-41-72-66(46-52)64-24-12-15-27-70(64)76-72/h1-47H. The zero-order valence-electron chi connectivity index (χ0n) is 41.4. The Morgan fingerprint density at radius 2 is 0.632 bits per heavy atom. The van der Waals surface area contributed by atoms with Crippen LogP contribution in [0.25, 0.3) is 96.0 Å². The lowest BCUT2D eigenvalue weighted by atomic mass is 9.67. The van der Waals surface area contributed by atoms with Gasteiger partial charge in [0.1, 0.15) is 0 Å². The van der Waals surface area contributed by atoms with Gasteiger partial charge in [0.2, 0.25) is 0 Å². The average Bonchev–Trinajstić information content (AvgIpc) is 4.30. The lowest BCUT2D eigenvalue weighted by molar-refractivity contribution is 0.768. The average molecular weight is 1000 g/mol. The Morgan fingerprint density at radius 1 is 0.237 bits per heavy atom. The highest BCUT2D eigenvalue weighted by molar-refractivity contribution is 7.26. The second-order valence-corrected chi connectivity index (χ2v) is 22.1. The zero-order valence-corrected chi connectivity index (χ0v) is 43.0. The molecule has 1 aliphatic carbocycles. The number of hydrogen-bond acceptors (Lipinski definition) is 3. The Hall–Kier alpha value is -9.12. The van der Waals surface area contributed by atoms with Gasteiger partial charge in [-0.05, 0) is 169 Å². The van der Waals surface area contributed by atoms with Crippen LogP contribution in [0, 0.1) is 0 Å². The van der Waals surface area contributed by atoms with Crippen LogP contribution in [0.2, 0.25) is 0 Å². The molecule has 0 radical (unpaired) electrons. The van der Waals surface area contributed by atoms with E-state index in [9.17, 15) is 0 Å². The molecule has 0 N–H and O–H groups in total. The van der Waals surface area contributed by atoms with Crippen LogP contribution in [-0.4, -0.2) is 0 Å². The fourth-order valence-corrected chi connectivity index (χ4v) is 14.4. The number of benzene rings is 12. The van der Waals surface area contributed by atoms with Gasteiger partial charge in [0.05, 0.1) is 5.41 Å². The van der Waals surface area contributed by atoms with Crippen LogP contribution in [0.3, 0.4) is 0 Å². The Kier molecular flexibility index (Phi) is 10.6. The summed E-state index contributed by atoms with van der Waals surface area (Å²) in [4.78, 5) is 2.44. The molecule has 0 saturated carbocycles. The molecule has 14 aromatic rings. The van der Waals surface area contributed by atoms with Gasteiger partial charge in [-0.3, -0.25) is 0 Å². The van der Waals surface area contributed by atoms with E-state index in [0.29, 0.717) is 0 Å². The van der Waals surface area contributed by atoms with Crippen LogP contribution < -0.4 is 4.90 Å². The molecule has 0 fully saturated rings. The summed E-state index contributed by atoms with van der Waals surface area (Å²) >= 11 is 3.73. The molecule has 76 heavy (non-hydrogen) atoms. The van der Waals surface area contributed by atoms with Gasteiger partial charge in [0.15, 0.2) is 0 Å². The molecule has 0 bridgehead atoms. The SMILES string of the molecule is c1ccc(-c2ccc(N(c3ccc(-c4cc(-c5ccc6sc7ccccc7c6c5)cc(-c5ccc6sc7ccccc7c6c5)c4)cc3)c3ccc4c(c3)C(c3ccccc3)(c3ccccc3)c3ccccc3-4)cc2)cc1. The van der Waals surface area contributed by atoms with Crippen molar-refractivity contribution >= 4 is 80.1 Å². The molecule has 2 heterocycles. The highest BCUT2D eigenvalue weighted by Gasteiger charge is 2.46. The maximum Gasteiger partial charge on any atom is 0.0714 e. The van der Waals surface area contributed by atoms with Crippen molar-refractivity contribution in [1.29, 1.82) is 0 Å². The minimum Gasteiger partial charge on any atom is -0.310 e. The third-order valence-electron chi connectivity index (χ3n) is 15.7. The Morgan fingerprint density at radius 3 is 1.18 bits per heavy atom. The summed E-state index contributed by atoms with van der Waals surface area (Å²) in [5.74, 6) is 0. The predicted molar refractivity (Wildman–Crippen MR) is 326 cm³/mol.